The molecule has 0 bridgehead atoms. The van der Waals surface area contributed by atoms with Crippen LogP contribution in [0.3, 0.4) is 0 Å². The minimum absolute atomic E-state index is 0.351. The Bertz CT molecular complexity index is 445. The summed E-state index contributed by atoms with van der Waals surface area (Å²) in [5.74, 6) is 0.901. The number of nitrogens with zero attached hydrogens (tertiary/aromatic N) is 2. The van der Waals surface area contributed by atoms with Crippen molar-refractivity contribution in [3.8, 4) is 5.75 Å². The first-order valence-electron chi connectivity index (χ1n) is 6.73. The SMILES string of the molecule is COc1ccccc1N1CCN(CCOC(N)=O)CC1. The lowest BCUT2D eigenvalue weighted by Gasteiger charge is -2.36. The fraction of sp³-hybridized carbons (Fsp3) is 0.500. The van der Waals surface area contributed by atoms with E-state index in [0.29, 0.717) is 6.61 Å². The first kappa shape index (κ1) is 14.5. The normalized spacial score (nSPS) is 15.9. The number of piperazine rings is 1. The third-order valence-corrected chi connectivity index (χ3v) is 3.45. The lowest BCUT2D eigenvalue weighted by atomic mass is 10.2. The second-order valence-electron chi connectivity index (χ2n) is 4.67. The highest BCUT2D eigenvalue weighted by molar-refractivity contribution is 5.64. The number of rotatable bonds is 5. The van der Waals surface area contributed by atoms with Crippen molar-refractivity contribution >= 4 is 11.8 Å². The van der Waals surface area contributed by atoms with Crippen LogP contribution in [0.15, 0.2) is 24.3 Å². The number of hydrogen-bond donors (Lipinski definition) is 1. The van der Waals surface area contributed by atoms with E-state index in [1.807, 2.05) is 18.2 Å². The third-order valence-electron chi connectivity index (χ3n) is 3.45. The number of hydrogen-bond acceptors (Lipinski definition) is 5. The molecular formula is C14H21N3O3. The maximum absolute atomic E-state index is 10.5. The van der Waals surface area contributed by atoms with Crippen molar-refractivity contribution in [1.29, 1.82) is 0 Å². The first-order chi connectivity index (χ1) is 9.70. The Morgan fingerprint density at radius 3 is 2.60 bits per heavy atom. The monoisotopic (exact) mass is 279 g/mol. The fourth-order valence-corrected chi connectivity index (χ4v) is 2.38. The Morgan fingerprint density at radius 1 is 1.25 bits per heavy atom. The summed E-state index contributed by atoms with van der Waals surface area (Å²) in [5, 5.41) is 0. The van der Waals surface area contributed by atoms with Crippen molar-refractivity contribution in [2.75, 3.05) is 51.3 Å². The van der Waals surface area contributed by atoms with E-state index < -0.39 is 6.09 Å². The molecule has 1 aliphatic rings. The fourth-order valence-electron chi connectivity index (χ4n) is 2.38. The molecule has 6 heteroatoms. The van der Waals surface area contributed by atoms with Crippen LogP contribution in [0.1, 0.15) is 0 Å². The number of anilines is 1. The number of carbonyl (C=O) groups excluding carboxylic acids is 1. The molecule has 0 aromatic heterocycles. The van der Waals surface area contributed by atoms with Crippen LogP contribution in [-0.2, 0) is 4.74 Å². The summed E-state index contributed by atoms with van der Waals surface area (Å²) in [6.45, 7) is 4.79. The molecule has 1 saturated heterocycles. The Morgan fingerprint density at radius 2 is 1.95 bits per heavy atom. The summed E-state index contributed by atoms with van der Waals surface area (Å²) in [7, 11) is 1.69. The quantitative estimate of drug-likeness (QED) is 0.868. The second kappa shape index (κ2) is 7.00. The number of methoxy groups -OCH3 is 1. The van der Waals surface area contributed by atoms with Crippen LogP contribution in [0.25, 0.3) is 0 Å². The van der Waals surface area contributed by atoms with Gasteiger partial charge in [-0.15, -0.1) is 0 Å². The molecule has 2 rings (SSSR count). The molecule has 1 heterocycles. The molecule has 0 unspecified atom stereocenters. The molecule has 1 aromatic rings. The van der Waals surface area contributed by atoms with E-state index in [9.17, 15) is 4.79 Å². The number of amides is 1. The van der Waals surface area contributed by atoms with Crippen LogP contribution < -0.4 is 15.4 Å². The summed E-state index contributed by atoms with van der Waals surface area (Å²) in [5.41, 5.74) is 6.06. The molecule has 0 radical (unpaired) electrons. The molecule has 20 heavy (non-hydrogen) atoms. The van der Waals surface area contributed by atoms with Gasteiger partial charge < -0.3 is 20.1 Å². The number of primary amides is 1. The van der Waals surface area contributed by atoms with Crippen LogP contribution >= 0.6 is 0 Å². The van der Waals surface area contributed by atoms with Crippen molar-refractivity contribution in [2.45, 2.75) is 0 Å². The molecule has 0 saturated carbocycles. The first-order valence-corrected chi connectivity index (χ1v) is 6.73. The zero-order chi connectivity index (χ0) is 14.4. The van der Waals surface area contributed by atoms with Crippen LogP contribution in [0.5, 0.6) is 5.75 Å². The summed E-state index contributed by atoms with van der Waals surface area (Å²) < 4.78 is 10.1. The Labute approximate surface area is 119 Å². The highest BCUT2D eigenvalue weighted by Gasteiger charge is 2.19. The van der Waals surface area contributed by atoms with Gasteiger partial charge in [0, 0.05) is 32.7 Å². The summed E-state index contributed by atoms with van der Waals surface area (Å²) in [4.78, 5) is 15.1. The Kier molecular flexibility index (Phi) is 5.06. The predicted molar refractivity (Wildman–Crippen MR) is 77.2 cm³/mol. The van der Waals surface area contributed by atoms with Crippen LogP contribution in [0.4, 0.5) is 10.5 Å². The molecule has 1 aromatic carbocycles. The highest BCUT2D eigenvalue weighted by atomic mass is 16.5. The lowest BCUT2D eigenvalue weighted by Crippen LogP contribution is -2.47. The topological polar surface area (TPSA) is 68.0 Å². The highest BCUT2D eigenvalue weighted by Crippen LogP contribution is 2.28. The zero-order valence-electron chi connectivity index (χ0n) is 11.7. The standard InChI is InChI=1S/C14H21N3O3/c1-19-13-5-3-2-4-12(13)17-8-6-16(7-9-17)10-11-20-14(15)18/h2-5H,6-11H2,1H3,(H2,15,18). The van der Waals surface area contributed by atoms with Gasteiger partial charge in [-0.25, -0.2) is 4.79 Å². The number of para-hydroxylation sites is 2. The van der Waals surface area contributed by atoms with Gasteiger partial charge in [-0.1, -0.05) is 12.1 Å². The summed E-state index contributed by atoms with van der Waals surface area (Å²) in [6, 6.07) is 8.04. The van der Waals surface area contributed by atoms with Crippen molar-refractivity contribution in [2.24, 2.45) is 5.73 Å². The van der Waals surface area contributed by atoms with Gasteiger partial charge in [-0.3, -0.25) is 4.90 Å². The molecule has 0 aliphatic carbocycles. The van der Waals surface area contributed by atoms with Crippen molar-refractivity contribution in [3.63, 3.8) is 0 Å². The van der Waals surface area contributed by atoms with Gasteiger partial charge in [0.15, 0.2) is 0 Å². The molecule has 0 spiro atoms. The van der Waals surface area contributed by atoms with Gasteiger partial charge in [-0.2, -0.15) is 0 Å². The zero-order valence-corrected chi connectivity index (χ0v) is 11.7. The second-order valence-corrected chi connectivity index (χ2v) is 4.67. The molecule has 1 aliphatic heterocycles. The summed E-state index contributed by atoms with van der Waals surface area (Å²) in [6.07, 6.45) is -0.711. The molecule has 0 atom stereocenters. The van der Waals surface area contributed by atoms with Gasteiger partial charge >= 0.3 is 6.09 Å². The number of benzene rings is 1. The van der Waals surface area contributed by atoms with Gasteiger partial charge in [0.2, 0.25) is 0 Å². The van der Waals surface area contributed by atoms with E-state index in [-0.39, 0.29) is 0 Å². The van der Waals surface area contributed by atoms with Crippen molar-refractivity contribution < 1.29 is 14.3 Å². The van der Waals surface area contributed by atoms with E-state index in [2.05, 4.69) is 15.9 Å². The predicted octanol–water partition coefficient (Wildman–Crippen LogP) is 0.913. The van der Waals surface area contributed by atoms with E-state index >= 15 is 0 Å². The Hall–Kier alpha value is -1.95. The number of ether oxygens (including phenoxy) is 2. The van der Waals surface area contributed by atoms with Crippen molar-refractivity contribution in [3.05, 3.63) is 24.3 Å². The van der Waals surface area contributed by atoms with Crippen LogP contribution in [0.2, 0.25) is 0 Å². The van der Waals surface area contributed by atoms with E-state index in [1.54, 1.807) is 7.11 Å². The van der Waals surface area contributed by atoms with Crippen LogP contribution in [0, 0.1) is 0 Å². The number of nitrogens with two attached hydrogens (primary N) is 1. The van der Waals surface area contributed by atoms with Gasteiger partial charge in [0.1, 0.15) is 12.4 Å². The smallest absolute Gasteiger partial charge is 0.404 e. The molecular weight excluding hydrogens is 258 g/mol. The maximum Gasteiger partial charge on any atom is 0.404 e. The number of carbonyl (C=O) groups is 1. The third kappa shape index (κ3) is 3.77. The van der Waals surface area contributed by atoms with E-state index in [0.717, 1.165) is 44.2 Å². The van der Waals surface area contributed by atoms with E-state index in [4.69, 9.17) is 15.2 Å². The average molecular weight is 279 g/mol. The van der Waals surface area contributed by atoms with E-state index in [1.165, 1.54) is 0 Å². The largest absolute Gasteiger partial charge is 0.495 e. The van der Waals surface area contributed by atoms with Crippen molar-refractivity contribution in [1.82, 2.24) is 4.90 Å². The lowest BCUT2D eigenvalue weighted by molar-refractivity contribution is 0.133. The van der Waals surface area contributed by atoms with Gasteiger partial charge in [0.25, 0.3) is 0 Å². The minimum Gasteiger partial charge on any atom is -0.495 e. The Balaban J connectivity index is 1.83. The molecule has 1 fully saturated rings. The summed E-state index contributed by atoms with van der Waals surface area (Å²) >= 11 is 0. The molecule has 1 amide bonds. The maximum atomic E-state index is 10.5. The average Bonchev–Trinajstić information content (AvgIpc) is 2.47. The molecule has 110 valence electrons. The van der Waals surface area contributed by atoms with Gasteiger partial charge in [-0.05, 0) is 12.1 Å². The van der Waals surface area contributed by atoms with Crippen LogP contribution in [-0.4, -0.2) is 57.4 Å². The minimum atomic E-state index is -0.711. The molecule has 2 N–H and O–H groups in total. The van der Waals surface area contributed by atoms with Gasteiger partial charge in [0.05, 0.1) is 12.8 Å². The molecule has 6 nitrogen and oxygen atoms in total.